The predicted molar refractivity (Wildman–Crippen MR) is 53.3 cm³/mol. The quantitative estimate of drug-likeness (QED) is 0.801. The predicted octanol–water partition coefficient (Wildman–Crippen LogP) is 2.04. The van der Waals surface area contributed by atoms with Crippen LogP contribution in [0, 0.1) is 0 Å². The molecule has 1 aromatic heterocycles. The lowest BCUT2D eigenvalue weighted by Crippen LogP contribution is -2.03. The molecular weight excluding hydrogens is 180 g/mol. The van der Waals surface area contributed by atoms with Crippen LogP contribution in [0.2, 0.25) is 0 Å². The van der Waals surface area contributed by atoms with Crippen LogP contribution < -0.4 is 0 Å². The van der Waals surface area contributed by atoms with E-state index in [4.69, 9.17) is 5.11 Å². The van der Waals surface area contributed by atoms with Gasteiger partial charge < -0.3 is 9.67 Å². The Hall–Kier alpha value is -1.32. The first-order chi connectivity index (χ1) is 6.50. The van der Waals surface area contributed by atoms with E-state index in [1.165, 1.54) is 0 Å². The lowest BCUT2D eigenvalue weighted by atomic mass is 10.1. The molecule has 0 fully saturated rings. The maximum atomic E-state index is 10.5. The summed E-state index contributed by atoms with van der Waals surface area (Å²) in [7, 11) is 0. The second-order valence-electron chi connectivity index (χ2n) is 3.84. The third kappa shape index (κ3) is 2.58. The summed E-state index contributed by atoms with van der Waals surface area (Å²) in [6.45, 7) is 6.00. The smallest absolute Gasteiger partial charge is 0.304 e. The van der Waals surface area contributed by atoms with Crippen molar-refractivity contribution in [3.05, 3.63) is 18.2 Å². The van der Waals surface area contributed by atoms with Crippen molar-refractivity contribution in [2.75, 3.05) is 0 Å². The zero-order valence-corrected chi connectivity index (χ0v) is 8.77. The van der Waals surface area contributed by atoms with Gasteiger partial charge in [-0.05, 0) is 13.8 Å². The number of imidazole rings is 1. The Kier molecular flexibility index (Phi) is 3.28. The number of rotatable bonds is 4. The number of hydrogen-bond donors (Lipinski definition) is 1. The average molecular weight is 196 g/mol. The Morgan fingerprint density at radius 3 is 2.64 bits per heavy atom. The first-order valence-corrected chi connectivity index (χ1v) is 4.76. The van der Waals surface area contributed by atoms with Crippen molar-refractivity contribution in [3.63, 3.8) is 0 Å². The Morgan fingerprint density at radius 1 is 1.57 bits per heavy atom. The third-order valence-electron chi connectivity index (χ3n) is 2.20. The molecule has 1 N–H and O–H groups in total. The summed E-state index contributed by atoms with van der Waals surface area (Å²) in [6, 6.07) is 0.369. The molecule has 1 aromatic rings. The summed E-state index contributed by atoms with van der Waals surface area (Å²) < 4.78 is 1.98. The van der Waals surface area contributed by atoms with Crippen LogP contribution in [-0.2, 0) is 4.79 Å². The van der Waals surface area contributed by atoms with E-state index in [0.717, 1.165) is 5.69 Å². The van der Waals surface area contributed by atoms with Crippen molar-refractivity contribution in [3.8, 4) is 0 Å². The summed E-state index contributed by atoms with van der Waals surface area (Å²) in [5.74, 6) is -0.802. The second kappa shape index (κ2) is 4.26. The van der Waals surface area contributed by atoms with E-state index in [-0.39, 0.29) is 12.3 Å². The van der Waals surface area contributed by atoms with Crippen molar-refractivity contribution in [1.82, 2.24) is 9.55 Å². The molecule has 14 heavy (non-hydrogen) atoms. The fourth-order valence-corrected chi connectivity index (χ4v) is 1.26. The van der Waals surface area contributed by atoms with E-state index >= 15 is 0 Å². The minimum atomic E-state index is -0.781. The molecule has 0 aliphatic heterocycles. The van der Waals surface area contributed by atoms with Crippen molar-refractivity contribution in [1.29, 1.82) is 0 Å². The van der Waals surface area contributed by atoms with E-state index in [1.807, 2.05) is 17.7 Å². The standard InChI is InChI=1S/C10H16N2O2/c1-7(2)12-5-9(11-6-12)8(3)4-10(13)14/h5-8H,4H2,1-3H3,(H,13,14). The number of carboxylic acid groups (broad SMARTS) is 1. The Bertz CT molecular complexity index is 318. The SMILES string of the molecule is CC(CC(=O)O)c1cn(C(C)C)cn1. The average Bonchev–Trinajstić information content (AvgIpc) is 2.50. The summed E-state index contributed by atoms with van der Waals surface area (Å²) in [5.41, 5.74) is 0.848. The van der Waals surface area contributed by atoms with Crippen LogP contribution in [0.5, 0.6) is 0 Å². The summed E-state index contributed by atoms with van der Waals surface area (Å²) >= 11 is 0. The van der Waals surface area contributed by atoms with Crippen molar-refractivity contribution >= 4 is 5.97 Å². The number of carbonyl (C=O) groups is 1. The highest BCUT2D eigenvalue weighted by molar-refractivity contribution is 5.67. The molecule has 0 saturated heterocycles. The van der Waals surface area contributed by atoms with Crippen molar-refractivity contribution in [2.24, 2.45) is 0 Å². The van der Waals surface area contributed by atoms with E-state index in [1.54, 1.807) is 6.33 Å². The first-order valence-electron chi connectivity index (χ1n) is 4.76. The van der Waals surface area contributed by atoms with E-state index in [9.17, 15) is 4.79 Å². The molecule has 1 heterocycles. The highest BCUT2D eigenvalue weighted by Crippen LogP contribution is 2.18. The molecule has 0 saturated carbocycles. The molecule has 4 nitrogen and oxygen atoms in total. The van der Waals surface area contributed by atoms with Gasteiger partial charge in [-0.3, -0.25) is 4.79 Å². The monoisotopic (exact) mass is 196 g/mol. The highest BCUT2D eigenvalue weighted by Gasteiger charge is 2.13. The van der Waals surface area contributed by atoms with Gasteiger partial charge in [0.1, 0.15) is 0 Å². The van der Waals surface area contributed by atoms with Crippen LogP contribution in [0.1, 0.15) is 44.8 Å². The van der Waals surface area contributed by atoms with Gasteiger partial charge in [0.2, 0.25) is 0 Å². The van der Waals surface area contributed by atoms with E-state index in [0.29, 0.717) is 6.04 Å². The molecule has 0 aliphatic rings. The van der Waals surface area contributed by atoms with Gasteiger partial charge in [-0.1, -0.05) is 6.92 Å². The number of aromatic nitrogens is 2. The van der Waals surface area contributed by atoms with Crippen LogP contribution >= 0.6 is 0 Å². The first kappa shape index (κ1) is 10.8. The normalized spacial score (nSPS) is 13.1. The van der Waals surface area contributed by atoms with E-state index in [2.05, 4.69) is 18.8 Å². The molecule has 0 radical (unpaired) electrons. The molecule has 1 unspecified atom stereocenters. The van der Waals surface area contributed by atoms with Crippen molar-refractivity contribution in [2.45, 2.75) is 39.2 Å². The van der Waals surface area contributed by atoms with Crippen LogP contribution in [0.25, 0.3) is 0 Å². The van der Waals surface area contributed by atoms with Crippen LogP contribution in [0.4, 0.5) is 0 Å². The Balaban J connectivity index is 2.71. The molecule has 78 valence electrons. The summed E-state index contributed by atoms with van der Waals surface area (Å²) in [6.07, 6.45) is 3.80. The zero-order chi connectivity index (χ0) is 10.7. The van der Waals surface area contributed by atoms with Gasteiger partial charge in [-0.2, -0.15) is 0 Å². The van der Waals surface area contributed by atoms with Gasteiger partial charge in [0.05, 0.1) is 18.4 Å². The fraction of sp³-hybridized carbons (Fsp3) is 0.600. The topological polar surface area (TPSA) is 55.1 Å². The van der Waals surface area contributed by atoms with Gasteiger partial charge in [0, 0.05) is 18.2 Å². The summed E-state index contributed by atoms with van der Waals surface area (Å²) in [5, 5.41) is 8.63. The molecule has 0 amide bonds. The molecule has 0 aromatic carbocycles. The van der Waals surface area contributed by atoms with Crippen LogP contribution in [0.3, 0.4) is 0 Å². The van der Waals surface area contributed by atoms with Gasteiger partial charge in [-0.25, -0.2) is 4.98 Å². The molecule has 0 bridgehead atoms. The van der Waals surface area contributed by atoms with Gasteiger partial charge >= 0.3 is 5.97 Å². The van der Waals surface area contributed by atoms with Crippen LogP contribution in [0.15, 0.2) is 12.5 Å². The maximum Gasteiger partial charge on any atom is 0.304 e. The molecule has 0 spiro atoms. The van der Waals surface area contributed by atoms with Gasteiger partial charge in [0.15, 0.2) is 0 Å². The number of aliphatic carboxylic acids is 1. The van der Waals surface area contributed by atoms with Gasteiger partial charge in [0.25, 0.3) is 0 Å². The molecular formula is C10H16N2O2. The molecule has 1 atom stereocenters. The Morgan fingerprint density at radius 2 is 2.21 bits per heavy atom. The zero-order valence-electron chi connectivity index (χ0n) is 8.77. The van der Waals surface area contributed by atoms with Crippen LogP contribution in [-0.4, -0.2) is 20.6 Å². The van der Waals surface area contributed by atoms with Crippen molar-refractivity contribution < 1.29 is 9.90 Å². The number of hydrogen-bond acceptors (Lipinski definition) is 2. The minimum absolute atomic E-state index is 0.0208. The minimum Gasteiger partial charge on any atom is -0.481 e. The second-order valence-corrected chi connectivity index (χ2v) is 3.84. The number of carboxylic acids is 1. The third-order valence-corrected chi connectivity index (χ3v) is 2.20. The molecule has 1 rings (SSSR count). The van der Waals surface area contributed by atoms with Gasteiger partial charge in [-0.15, -0.1) is 0 Å². The Labute approximate surface area is 83.6 Å². The number of nitrogens with zero attached hydrogens (tertiary/aromatic N) is 2. The highest BCUT2D eigenvalue weighted by atomic mass is 16.4. The lowest BCUT2D eigenvalue weighted by molar-refractivity contribution is -0.137. The summed E-state index contributed by atoms with van der Waals surface area (Å²) in [4.78, 5) is 14.7. The fourth-order valence-electron chi connectivity index (χ4n) is 1.26. The maximum absolute atomic E-state index is 10.5. The molecule has 0 aliphatic carbocycles. The molecule has 4 heteroatoms. The largest absolute Gasteiger partial charge is 0.481 e. The lowest BCUT2D eigenvalue weighted by Gasteiger charge is -2.06. The van der Waals surface area contributed by atoms with E-state index < -0.39 is 5.97 Å².